The third-order valence-electron chi connectivity index (χ3n) is 3.96. The topological polar surface area (TPSA) is 27.3 Å². The summed E-state index contributed by atoms with van der Waals surface area (Å²) in [4.78, 5) is 2.25. The van der Waals surface area contributed by atoms with Crippen molar-refractivity contribution in [3.63, 3.8) is 0 Å². The van der Waals surface area contributed by atoms with E-state index in [0.29, 0.717) is 18.0 Å². The van der Waals surface area contributed by atoms with Gasteiger partial charge >= 0.3 is 0 Å². The molecule has 0 aliphatic carbocycles. The molecule has 17 heavy (non-hydrogen) atoms. The lowest BCUT2D eigenvalue weighted by atomic mass is 9.79. The maximum atomic E-state index is 3.75. The standard InChI is InChI=1S/C14H31N3/c1-11-12(2)16-14(3,4)10-13(11)15-8-7-9-17(5)6/h11-13,15-16H,7-10H2,1-6H3. The van der Waals surface area contributed by atoms with Gasteiger partial charge in [-0.25, -0.2) is 0 Å². The van der Waals surface area contributed by atoms with Gasteiger partial charge in [-0.05, 0) is 66.7 Å². The van der Waals surface area contributed by atoms with Gasteiger partial charge in [-0.3, -0.25) is 0 Å². The van der Waals surface area contributed by atoms with E-state index in [2.05, 4.69) is 57.3 Å². The molecule has 0 spiro atoms. The Morgan fingerprint density at radius 1 is 1.29 bits per heavy atom. The highest BCUT2D eigenvalue weighted by molar-refractivity contribution is 4.96. The van der Waals surface area contributed by atoms with E-state index in [4.69, 9.17) is 0 Å². The second kappa shape index (κ2) is 6.17. The lowest BCUT2D eigenvalue weighted by Crippen LogP contribution is -2.60. The minimum absolute atomic E-state index is 0.269. The maximum Gasteiger partial charge on any atom is 0.0142 e. The van der Waals surface area contributed by atoms with E-state index >= 15 is 0 Å². The summed E-state index contributed by atoms with van der Waals surface area (Å²) in [6.45, 7) is 11.6. The van der Waals surface area contributed by atoms with Crippen LogP contribution in [0.15, 0.2) is 0 Å². The minimum atomic E-state index is 0.269. The second-order valence-electron chi connectivity index (χ2n) is 6.60. The Kier molecular flexibility index (Phi) is 5.42. The van der Waals surface area contributed by atoms with Crippen molar-refractivity contribution in [2.45, 2.75) is 58.2 Å². The molecule has 0 bridgehead atoms. The van der Waals surface area contributed by atoms with Gasteiger partial charge in [0, 0.05) is 17.6 Å². The van der Waals surface area contributed by atoms with Crippen molar-refractivity contribution in [1.82, 2.24) is 15.5 Å². The van der Waals surface area contributed by atoms with Gasteiger partial charge in [-0.1, -0.05) is 6.92 Å². The zero-order chi connectivity index (χ0) is 13.1. The summed E-state index contributed by atoms with van der Waals surface area (Å²) in [5, 5.41) is 7.44. The molecule has 1 rings (SSSR count). The highest BCUT2D eigenvalue weighted by atomic mass is 15.1. The van der Waals surface area contributed by atoms with Crippen molar-refractivity contribution in [2.75, 3.05) is 27.2 Å². The molecule has 0 aromatic rings. The van der Waals surface area contributed by atoms with Crippen molar-refractivity contribution in [1.29, 1.82) is 0 Å². The molecular weight excluding hydrogens is 210 g/mol. The van der Waals surface area contributed by atoms with Gasteiger partial charge in [0.2, 0.25) is 0 Å². The molecule has 1 aliphatic rings. The van der Waals surface area contributed by atoms with Crippen molar-refractivity contribution >= 4 is 0 Å². The van der Waals surface area contributed by atoms with Crippen LogP contribution >= 0.6 is 0 Å². The first-order chi connectivity index (χ1) is 7.82. The van der Waals surface area contributed by atoms with E-state index in [-0.39, 0.29) is 5.54 Å². The van der Waals surface area contributed by atoms with E-state index in [1.54, 1.807) is 0 Å². The maximum absolute atomic E-state index is 3.75. The fourth-order valence-electron chi connectivity index (χ4n) is 2.83. The Labute approximate surface area is 107 Å². The average molecular weight is 241 g/mol. The van der Waals surface area contributed by atoms with Crippen LogP contribution in [0.3, 0.4) is 0 Å². The number of piperidine rings is 1. The van der Waals surface area contributed by atoms with Crippen LogP contribution in [0.5, 0.6) is 0 Å². The molecule has 3 nitrogen and oxygen atoms in total. The molecule has 3 unspecified atom stereocenters. The summed E-state index contributed by atoms with van der Waals surface area (Å²) in [5.41, 5.74) is 0.269. The Morgan fingerprint density at radius 3 is 2.53 bits per heavy atom. The Bertz CT molecular complexity index is 226. The fourth-order valence-corrected chi connectivity index (χ4v) is 2.83. The Morgan fingerprint density at radius 2 is 1.94 bits per heavy atom. The summed E-state index contributed by atoms with van der Waals surface area (Å²) >= 11 is 0. The zero-order valence-electron chi connectivity index (χ0n) is 12.5. The minimum Gasteiger partial charge on any atom is -0.314 e. The van der Waals surface area contributed by atoms with E-state index in [1.807, 2.05) is 0 Å². The van der Waals surface area contributed by atoms with Gasteiger partial charge in [-0.2, -0.15) is 0 Å². The molecule has 0 aromatic heterocycles. The number of nitrogens with one attached hydrogen (secondary N) is 2. The van der Waals surface area contributed by atoms with Crippen LogP contribution in [-0.2, 0) is 0 Å². The Balaban J connectivity index is 2.35. The predicted molar refractivity (Wildman–Crippen MR) is 75.4 cm³/mol. The van der Waals surface area contributed by atoms with Crippen LogP contribution in [0.25, 0.3) is 0 Å². The van der Waals surface area contributed by atoms with E-state index in [9.17, 15) is 0 Å². The first kappa shape index (κ1) is 14.9. The van der Waals surface area contributed by atoms with Gasteiger partial charge in [0.15, 0.2) is 0 Å². The Hall–Kier alpha value is -0.120. The quantitative estimate of drug-likeness (QED) is 0.717. The monoisotopic (exact) mass is 241 g/mol. The molecule has 1 aliphatic heterocycles. The lowest BCUT2D eigenvalue weighted by Gasteiger charge is -2.45. The van der Waals surface area contributed by atoms with E-state index < -0.39 is 0 Å². The number of hydrogen-bond donors (Lipinski definition) is 2. The molecule has 0 amide bonds. The van der Waals surface area contributed by atoms with Gasteiger partial charge in [0.1, 0.15) is 0 Å². The highest BCUT2D eigenvalue weighted by Crippen LogP contribution is 2.26. The third kappa shape index (κ3) is 4.94. The molecule has 0 saturated carbocycles. The molecular formula is C14H31N3. The SMILES string of the molecule is CC1NC(C)(C)CC(NCCCN(C)C)C1C. The van der Waals surface area contributed by atoms with Crippen molar-refractivity contribution in [3.8, 4) is 0 Å². The molecule has 3 heteroatoms. The number of rotatable bonds is 5. The normalized spacial score (nSPS) is 33.0. The van der Waals surface area contributed by atoms with Gasteiger partial charge < -0.3 is 15.5 Å². The van der Waals surface area contributed by atoms with Crippen LogP contribution < -0.4 is 10.6 Å². The van der Waals surface area contributed by atoms with Crippen LogP contribution in [0.1, 0.15) is 40.5 Å². The molecule has 1 fully saturated rings. The molecule has 0 aromatic carbocycles. The van der Waals surface area contributed by atoms with Crippen LogP contribution in [0.4, 0.5) is 0 Å². The van der Waals surface area contributed by atoms with Gasteiger partial charge in [0.05, 0.1) is 0 Å². The molecule has 1 heterocycles. The summed E-state index contributed by atoms with van der Waals surface area (Å²) < 4.78 is 0. The number of nitrogens with zero attached hydrogens (tertiary/aromatic N) is 1. The van der Waals surface area contributed by atoms with Crippen molar-refractivity contribution in [2.24, 2.45) is 5.92 Å². The molecule has 102 valence electrons. The van der Waals surface area contributed by atoms with Gasteiger partial charge in [0.25, 0.3) is 0 Å². The van der Waals surface area contributed by atoms with Crippen LogP contribution in [0.2, 0.25) is 0 Å². The summed E-state index contributed by atoms with van der Waals surface area (Å²) in [6.07, 6.45) is 2.46. The van der Waals surface area contributed by atoms with E-state index in [1.165, 1.54) is 19.4 Å². The molecule has 0 radical (unpaired) electrons. The summed E-state index contributed by atoms with van der Waals surface area (Å²) in [7, 11) is 4.27. The smallest absolute Gasteiger partial charge is 0.0142 e. The first-order valence-corrected chi connectivity index (χ1v) is 6.97. The largest absolute Gasteiger partial charge is 0.314 e. The van der Waals surface area contributed by atoms with Crippen molar-refractivity contribution in [3.05, 3.63) is 0 Å². The lowest BCUT2D eigenvalue weighted by molar-refractivity contribution is 0.147. The highest BCUT2D eigenvalue weighted by Gasteiger charge is 2.35. The van der Waals surface area contributed by atoms with Crippen molar-refractivity contribution < 1.29 is 0 Å². The van der Waals surface area contributed by atoms with Gasteiger partial charge in [-0.15, -0.1) is 0 Å². The first-order valence-electron chi connectivity index (χ1n) is 6.97. The predicted octanol–water partition coefficient (Wildman–Crippen LogP) is 1.69. The molecule has 1 saturated heterocycles. The number of hydrogen-bond acceptors (Lipinski definition) is 3. The zero-order valence-corrected chi connectivity index (χ0v) is 12.5. The third-order valence-corrected chi connectivity index (χ3v) is 3.96. The average Bonchev–Trinajstić information content (AvgIpc) is 2.18. The van der Waals surface area contributed by atoms with Crippen LogP contribution in [0, 0.1) is 5.92 Å². The second-order valence-corrected chi connectivity index (χ2v) is 6.60. The van der Waals surface area contributed by atoms with Crippen LogP contribution in [-0.4, -0.2) is 49.7 Å². The molecule has 2 N–H and O–H groups in total. The summed E-state index contributed by atoms with van der Waals surface area (Å²) in [6, 6.07) is 1.26. The summed E-state index contributed by atoms with van der Waals surface area (Å²) in [5.74, 6) is 0.711. The fraction of sp³-hybridized carbons (Fsp3) is 1.00. The van der Waals surface area contributed by atoms with E-state index in [0.717, 1.165) is 6.54 Å². The molecule has 3 atom stereocenters.